The largest absolute Gasteiger partial charge is 0.298 e. The SMILES string of the molecule is CC1CCCN(Cc2nnc(NN)s2)C1. The third-order valence-electron chi connectivity index (χ3n) is 2.69. The summed E-state index contributed by atoms with van der Waals surface area (Å²) in [7, 11) is 0. The Kier molecular flexibility index (Phi) is 3.50. The van der Waals surface area contributed by atoms with Gasteiger partial charge in [-0.15, -0.1) is 10.2 Å². The highest BCUT2D eigenvalue weighted by molar-refractivity contribution is 7.15. The summed E-state index contributed by atoms with van der Waals surface area (Å²) in [5.41, 5.74) is 2.52. The molecule has 0 radical (unpaired) electrons. The molecule has 2 heterocycles. The molecule has 0 bridgehead atoms. The first-order chi connectivity index (χ1) is 7.28. The maximum Gasteiger partial charge on any atom is 0.219 e. The van der Waals surface area contributed by atoms with Gasteiger partial charge in [0.15, 0.2) is 0 Å². The lowest BCUT2D eigenvalue weighted by atomic mass is 10.0. The maximum atomic E-state index is 5.26. The van der Waals surface area contributed by atoms with Crippen molar-refractivity contribution in [3.63, 3.8) is 0 Å². The summed E-state index contributed by atoms with van der Waals surface area (Å²) in [5, 5.41) is 9.74. The zero-order valence-electron chi connectivity index (χ0n) is 8.94. The van der Waals surface area contributed by atoms with Crippen molar-refractivity contribution >= 4 is 16.5 Å². The summed E-state index contributed by atoms with van der Waals surface area (Å²) in [6.07, 6.45) is 2.64. The number of piperidine rings is 1. The predicted octanol–water partition coefficient (Wildman–Crippen LogP) is 1.06. The van der Waals surface area contributed by atoms with Gasteiger partial charge in [0, 0.05) is 6.54 Å². The van der Waals surface area contributed by atoms with E-state index in [4.69, 9.17) is 5.84 Å². The molecule has 0 aromatic carbocycles. The van der Waals surface area contributed by atoms with Crippen LogP contribution >= 0.6 is 11.3 Å². The molecule has 1 unspecified atom stereocenters. The number of nitrogens with two attached hydrogens (primary N) is 1. The van der Waals surface area contributed by atoms with Crippen molar-refractivity contribution in [1.29, 1.82) is 0 Å². The molecule has 1 aliphatic heterocycles. The van der Waals surface area contributed by atoms with E-state index in [0.717, 1.165) is 17.5 Å². The second-order valence-electron chi connectivity index (χ2n) is 4.13. The Hall–Kier alpha value is -0.720. The van der Waals surface area contributed by atoms with Gasteiger partial charge in [-0.2, -0.15) is 0 Å². The number of hydrogen-bond donors (Lipinski definition) is 2. The van der Waals surface area contributed by atoms with Crippen LogP contribution in [0.1, 0.15) is 24.8 Å². The Morgan fingerprint density at radius 1 is 1.60 bits per heavy atom. The molecular formula is C9H17N5S. The number of hydrazine groups is 1. The first kappa shape index (κ1) is 10.8. The molecule has 6 heteroatoms. The van der Waals surface area contributed by atoms with Crippen LogP contribution in [-0.2, 0) is 6.54 Å². The molecule has 0 amide bonds. The number of nitrogens with one attached hydrogen (secondary N) is 1. The molecule has 1 aromatic heterocycles. The number of anilines is 1. The number of likely N-dealkylation sites (tertiary alicyclic amines) is 1. The fourth-order valence-corrected chi connectivity index (χ4v) is 2.69. The van der Waals surface area contributed by atoms with E-state index < -0.39 is 0 Å². The van der Waals surface area contributed by atoms with E-state index in [-0.39, 0.29) is 0 Å². The number of nitrogens with zero attached hydrogens (tertiary/aromatic N) is 3. The first-order valence-corrected chi connectivity index (χ1v) is 6.11. The van der Waals surface area contributed by atoms with Crippen molar-refractivity contribution in [3.8, 4) is 0 Å². The van der Waals surface area contributed by atoms with E-state index >= 15 is 0 Å². The van der Waals surface area contributed by atoms with E-state index in [0.29, 0.717) is 5.13 Å². The standard InChI is InChI=1S/C9H17N5S/c1-7-3-2-4-14(5-7)6-8-12-13-9(11-10)15-8/h7H,2-6,10H2,1H3,(H,11,13). The van der Waals surface area contributed by atoms with Crippen LogP contribution in [-0.4, -0.2) is 28.2 Å². The molecule has 0 aliphatic carbocycles. The van der Waals surface area contributed by atoms with Gasteiger partial charge < -0.3 is 0 Å². The lowest BCUT2D eigenvalue weighted by Crippen LogP contribution is -2.33. The average Bonchev–Trinajstić information content (AvgIpc) is 2.65. The molecule has 2 rings (SSSR count). The summed E-state index contributed by atoms with van der Waals surface area (Å²) >= 11 is 1.53. The van der Waals surface area contributed by atoms with Crippen LogP contribution in [0.3, 0.4) is 0 Å². The van der Waals surface area contributed by atoms with Crippen LogP contribution in [0.15, 0.2) is 0 Å². The van der Waals surface area contributed by atoms with Crippen molar-refractivity contribution in [1.82, 2.24) is 15.1 Å². The highest BCUT2D eigenvalue weighted by Crippen LogP contribution is 2.20. The van der Waals surface area contributed by atoms with Crippen molar-refractivity contribution in [2.24, 2.45) is 11.8 Å². The van der Waals surface area contributed by atoms with Gasteiger partial charge in [-0.05, 0) is 25.3 Å². The summed E-state index contributed by atoms with van der Waals surface area (Å²) in [6.45, 7) is 5.56. The van der Waals surface area contributed by atoms with E-state index in [2.05, 4.69) is 27.4 Å². The molecule has 1 aromatic rings. The van der Waals surface area contributed by atoms with Crippen LogP contribution in [0.25, 0.3) is 0 Å². The molecule has 0 spiro atoms. The minimum absolute atomic E-state index is 0.690. The monoisotopic (exact) mass is 227 g/mol. The van der Waals surface area contributed by atoms with Crippen LogP contribution in [0.2, 0.25) is 0 Å². The minimum Gasteiger partial charge on any atom is -0.298 e. The second kappa shape index (κ2) is 4.87. The quantitative estimate of drug-likeness (QED) is 0.597. The molecular weight excluding hydrogens is 210 g/mol. The third-order valence-corrected chi connectivity index (χ3v) is 3.53. The molecule has 1 saturated heterocycles. The molecule has 1 atom stereocenters. The fraction of sp³-hybridized carbons (Fsp3) is 0.778. The number of aromatic nitrogens is 2. The van der Waals surface area contributed by atoms with Gasteiger partial charge in [0.2, 0.25) is 5.13 Å². The highest BCUT2D eigenvalue weighted by Gasteiger charge is 2.17. The first-order valence-electron chi connectivity index (χ1n) is 5.29. The minimum atomic E-state index is 0.690. The number of hydrogen-bond acceptors (Lipinski definition) is 6. The molecule has 1 fully saturated rings. The fourth-order valence-electron chi connectivity index (χ4n) is 2.00. The van der Waals surface area contributed by atoms with E-state index in [1.165, 1.54) is 37.3 Å². The molecule has 5 nitrogen and oxygen atoms in total. The Labute approximate surface area is 93.6 Å². The smallest absolute Gasteiger partial charge is 0.219 e. The zero-order chi connectivity index (χ0) is 10.7. The van der Waals surface area contributed by atoms with E-state index in [9.17, 15) is 0 Å². The van der Waals surface area contributed by atoms with Gasteiger partial charge in [0.05, 0.1) is 6.54 Å². The Morgan fingerprint density at radius 2 is 2.47 bits per heavy atom. The van der Waals surface area contributed by atoms with Crippen molar-refractivity contribution < 1.29 is 0 Å². The van der Waals surface area contributed by atoms with Crippen LogP contribution in [0.5, 0.6) is 0 Å². The molecule has 84 valence electrons. The predicted molar refractivity (Wildman–Crippen MR) is 61.4 cm³/mol. The van der Waals surface area contributed by atoms with Gasteiger partial charge in [-0.1, -0.05) is 18.3 Å². The summed E-state index contributed by atoms with van der Waals surface area (Å²) in [6, 6.07) is 0. The topological polar surface area (TPSA) is 67.1 Å². The van der Waals surface area contributed by atoms with Gasteiger partial charge in [-0.3, -0.25) is 10.3 Å². The maximum absolute atomic E-state index is 5.26. The summed E-state index contributed by atoms with van der Waals surface area (Å²) in [4.78, 5) is 2.44. The summed E-state index contributed by atoms with van der Waals surface area (Å²) < 4.78 is 0. The lowest BCUT2D eigenvalue weighted by molar-refractivity contribution is 0.176. The van der Waals surface area contributed by atoms with E-state index in [1.54, 1.807) is 0 Å². The highest BCUT2D eigenvalue weighted by atomic mass is 32.1. The van der Waals surface area contributed by atoms with Crippen LogP contribution < -0.4 is 11.3 Å². The Bertz CT molecular complexity index is 313. The van der Waals surface area contributed by atoms with Gasteiger partial charge >= 0.3 is 0 Å². The molecule has 15 heavy (non-hydrogen) atoms. The van der Waals surface area contributed by atoms with Crippen molar-refractivity contribution in [2.45, 2.75) is 26.3 Å². The Balaban J connectivity index is 1.90. The van der Waals surface area contributed by atoms with Crippen molar-refractivity contribution in [2.75, 3.05) is 18.5 Å². The molecule has 3 N–H and O–H groups in total. The number of nitrogen functional groups attached to an aromatic ring is 1. The van der Waals surface area contributed by atoms with Crippen LogP contribution in [0, 0.1) is 5.92 Å². The zero-order valence-corrected chi connectivity index (χ0v) is 9.76. The number of rotatable bonds is 3. The average molecular weight is 227 g/mol. The van der Waals surface area contributed by atoms with Gasteiger partial charge in [0.1, 0.15) is 5.01 Å². The Morgan fingerprint density at radius 3 is 3.13 bits per heavy atom. The van der Waals surface area contributed by atoms with Gasteiger partial charge in [-0.25, -0.2) is 5.84 Å². The summed E-state index contributed by atoms with van der Waals surface area (Å²) in [5.74, 6) is 6.07. The van der Waals surface area contributed by atoms with Crippen molar-refractivity contribution in [3.05, 3.63) is 5.01 Å². The van der Waals surface area contributed by atoms with Gasteiger partial charge in [0.25, 0.3) is 0 Å². The third kappa shape index (κ3) is 2.87. The lowest BCUT2D eigenvalue weighted by Gasteiger charge is -2.29. The normalized spacial score (nSPS) is 22.9. The second-order valence-corrected chi connectivity index (χ2v) is 5.19. The molecule has 1 aliphatic rings. The molecule has 0 saturated carbocycles. The van der Waals surface area contributed by atoms with Crippen LogP contribution in [0.4, 0.5) is 5.13 Å². The van der Waals surface area contributed by atoms with E-state index in [1.807, 2.05) is 0 Å².